The molecule has 0 aromatic heterocycles. The van der Waals surface area contributed by atoms with Gasteiger partial charge in [-0.2, -0.15) is 0 Å². The van der Waals surface area contributed by atoms with Gasteiger partial charge in [0.05, 0.1) is 5.92 Å². The fraction of sp³-hybridized carbons (Fsp3) is 0.500. The SMILES string of the molecule is O=C(CCC(=O)c1ccccc1)NC[C@@H]1CCCC[C@@H]1C(=O)O. The van der Waals surface area contributed by atoms with E-state index in [9.17, 15) is 19.5 Å². The normalized spacial score (nSPS) is 20.7. The van der Waals surface area contributed by atoms with Crippen LogP contribution in [0.3, 0.4) is 0 Å². The van der Waals surface area contributed by atoms with Crippen LogP contribution >= 0.6 is 0 Å². The highest BCUT2D eigenvalue weighted by Gasteiger charge is 2.30. The lowest BCUT2D eigenvalue weighted by Crippen LogP contribution is -2.37. The van der Waals surface area contributed by atoms with Crippen LogP contribution in [0.5, 0.6) is 0 Å². The third kappa shape index (κ3) is 5.20. The summed E-state index contributed by atoms with van der Waals surface area (Å²) in [4.78, 5) is 35.0. The molecular weight excluding hydrogens is 294 g/mol. The molecule has 1 aromatic rings. The van der Waals surface area contributed by atoms with Crippen molar-refractivity contribution in [1.29, 1.82) is 0 Å². The van der Waals surface area contributed by atoms with Crippen LogP contribution in [0.25, 0.3) is 0 Å². The van der Waals surface area contributed by atoms with Crippen LogP contribution in [0.4, 0.5) is 0 Å². The number of carbonyl (C=O) groups excluding carboxylic acids is 2. The van der Waals surface area contributed by atoms with E-state index in [0.29, 0.717) is 18.5 Å². The van der Waals surface area contributed by atoms with E-state index in [0.717, 1.165) is 19.3 Å². The molecule has 2 atom stereocenters. The standard InChI is InChI=1S/C18H23NO4/c20-16(13-6-2-1-3-7-13)10-11-17(21)19-12-14-8-4-5-9-15(14)18(22)23/h1-3,6-7,14-15H,4-5,8-12H2,(H,19,21)(H,22,23)/t14-,15-/m0/s1. The molecule has 0 spiro atoms. The largest absolute Gasteiger partial charge is 0.481 e. The number of nitrogens with one attached hydrogen (secondary N) is 1. The van der Waals surface area contributed by atoms with Crippen LogP contribution < -0.4 is 5.32 Å². The van der Waals surface area contributed by atoms with Crippen LogP contribution in [0.1, 0.15) is 48.9 Å². The molecule has 1 aliphatic carbocycles. The summed E-state index contributed by atoms with van der Waals surface area (Å²) in [6.07, 6.45) is 3.77. The third-order valence-electron chi connectivity index (χ3n) is 4.46. The minimum Gasteiger partial charge on any atom is -0.481 e. The van der Waals surface area contributed by atoms with Crippen molar-refractivity contribution in [3.05, 3.63) is 35.9 Å². The average molecular weight is 317 g/mol. The van der Waals surface area contributed by atoms with Gasteiger partial charge >= 0.3 is 5.97 Å². The van der Waals surface area contributed by atoms with Gasteiger partial charge in [0.15, 0.2) is 5.78 Å². The molecule has 1 aliphatic rings. The van der Waals surface area contributed by atoms with E-state index < -0.39 is 5.97 Å². The average Bonchev–Trinajstić information content (AvgIpc) is 2.58. The van der Waals surface area contributed by atoms with Gasteiger partial charge in [-0.25, -0.2) is 0 Å². The van der Waals surface area contributed by atoms with Gasteiger partial charge in [-0.1, -0.05) is 43.2 Å². The predicted molar refractivity (Wildman–Crippen MR) is 86.1 cm³/mol. The topological polar surface area (TPSA) is 83.5 Å². The molecule has 0 aliphatic heterocycles. The smallest absolute Gasteiger partial charge is 0.306 e. The number of carbonyl (C=O) groups is 3. The van der Waals surface area contributed by atoms with Crippen LogP contribution in [0.2, 0.25) is 0 Å². The molecule has 0 unspecified atom stereocenters. The Hall–Kier alpha value is -2.17. The van der Waals surface area contributed by atoms with Crippen molar-refractivity contribution >= 4 is 17.7 Å². The quantitative estimate of drug-likeness (QED) is 0.757. The highest BCUT2D eigenvalue weighted by molar-refractivity contribution is 5.97. The summed E-state index contributed by atoms with van der Waals surface area (Å²) in [5.41, 5.74) is 0.610. The van der Waals surface area contributed by atoms with Crippen LogP contribution in [-0.2, 0) is 9.59 Å². The number of hydrogen-bond acceptors (Lipinski definition) is 3. The molecule has 124 valence electrons. The Kier molecular flexibility index (Phi) is 6.32. The molecule has 0 heterocycles. The first-order valence-corrected chi connectivity index (χ1v) is 8.15. The fourth-order valence-electron chi connectivity index (χ4n) is 3.11. The van der Waals surface area contributed by atoms with E-state index in [1.807, 2.05) is 6.07 Å². The number of ketones is 1. The molecule has 5 nitrogen and oxygen atoms in total. The molecule has 1 aromatic carbocycles. The van der Waals surface area contributed by atoms with Crippen LogP contribution in [0.15, 0.2) is 30.3 Å². The Morgan fingerprint density at radius 3 is 2.43 bits per heavy atom. The first kappa shape index (κ1) is 17.2. The molecule has 1 amide bonds. The number of aliphatic carboxylic acids is 1. The van der Waals surface area contributed by atoms with Crippen LogP contribution in [-0.4, -0.2) is 29.3 Å². The molecule has 23 heavy (non-hydrogen) atoms. The third-order valence-corrected chi connectivity index (χ3v) is 4.46. The summed E-state index contributed by atoms with van der Waals surface area (Å²) >= 11 is 0. The van der Waals surface area contributed by atoms with Crippen molar-refractivity contribution in [3.8, 4) is 0 Å². The van der Waals surface area contributed by atoms with Crippen molar-refractivity contribution in [2.45, 2.75) is 38.5 Å². The monoisotopic (exact) mass is 317 g/mol. The van der Waals surface area contributed by atoms with Gasteiger partial charge in [0.1, 0.15) is 0 Å². The Bertz CT molecular complexity index is 555. The molecule has 2 rings (SSSR count). The Morgan fingerprint density at radius 2 is 1.74 bits per heavy atom. The summed E-state index contributed by atoms with van der Waals surface area (Å²) in [5.74, 6) is -1.39. The maximum Gasteiger partial charge on any atom is 0.306 e. The maximum atomic E-state index is 11.9. The second-order valence-electron chi connectivity index (χ2n) is 6.08. The van der Waals surface area contributed by atoms with Crippen molar-refractivity contribution in [2.75, 3.05) is 6.54 Å². The zero-order chi connectivity index (χ0) is 16.7. The first-order chi connectivity index (χ1) is 11.1. The van der Waals surface area contributed by atoms with Gasteiger partial charge < -0.3 is 10.4 Å². The summed E-state index contributed by atoms with van der Waals surface area (Å²) in [6.45, 7) is 0.384. The Balaban J connectivity index is 1.74. The van der Waals surface area contributed by atoms with Gasteiger partial charge in [-0.15, -0.1) is 0 Å². The van der Waals surface area contributed by atoms with Crippen molar-refractivity contribution in [1.82, 2.24) is 5.32 Å². The van der Waals surface area contributed by atoms with Crippen molar-refractivity contribution in [3.63, 3.8) is 0 Å². The van der Waals surface area contributed by atoms with E-state index >= 15 is 0 Å². The number of Topliss-reactive ketones (excluding diaryl/α,β-unsaturated/α-hetero) is 1. The minimum atomic E-state index is -0.775. The second-order valence-corrected chi connectivity index (χ2v) is 6.08. The summed E-state index contributed by atoms with van der Waals surface area (Å²) in [6, 6.07) is 8.90. The van der Waals surface area contributed by atoms with Crippen molar-refractivity contribution < 1.29 is 19.5 Å². The van der Waals surface area contributed by atoms with E-state index in [1.165, 1.54) is 0 Å². The Labute approximate surface area is 136 Å². The Morgan fingerprint density at radius 1 is 1.04 bits per heavy atom. The second kappa shape index (κ2) is 8.46. The molecule has 0 radical (unpaired) electrons. The molecule has 1 saturated carbocycles. The summed E-state index contributed by atoms with van der Waals surface area (Å²) < 4.78 is 0. The van der Waals surface area contributed by atoms with Gasteiger partial charge in [-0.3, -0.25) is 14.4 Å². The molecule has 0 bridgehead atoms. The number of hydrogen-bond donors (Lipinski definition) is 2. The molecule has 0 saturated heterocycles. The molecule has 2 N–H and O–H groups in total. The van der Waals surface area contributed by atoms with E-state index in [2.05, 4.69) is 5.32 Å². The zero-order valence-electron chi connectivity index (χ0n) is 13.2. The van der Waals surface area contributed by atoms with Gasteiger partial charge in [0.25, 0.3) is 0 Å². The zero-order valence-corrected chi connectivity index (χ0v) is 13.2. The highest BCUT2D eigenvalue weighted by atomic mass is 16.4. The van der Waals surface area contributed by atoms with E-state index in [-0.39, 0.29) is 36.4 Å². The highest BCUT2D eigenvalue weighted by Crippen LogP contribution is 2.29. The van der Waals surface area contributed by atoms with Gasteiger partial charge in [0.2, 0.25) is 5.91 Å². The van der Waals surface area contributed by atoms with Crippen molar-refractivity contribution in [2.24, 2.45) is 11.8 Å². The lowest BCUT2D eigenvalue weighted by Gasteiger charge is -2.28. The number of carboxylic acids is 1. The molecule has 1 fully saturated rings. The van der Waals surface area contributed by atoms with Crippen LogP contribution in [0, 0.1) is 11.8 Å². The molecule has 5 heteroatoms. The fourth-order valence-corrected chi connectivity index (χ4v) is 3.11. The number of carboxylic acid groups (broad SMARTS) is 1. The number of rotatable bonds is 7. The van der Waals surface area contributed by atoms with Gasteiger partial charge in [-0.05, 0) is 18.8 Å². The number of amides is 1. The van der Waals surface area contributed by atoms with E-state index in [1.54, 1.807) is 24.3 Å². The summed E-state index contributed by atoms with van der Waals surface area (Å²) in [5, 5.41) is 12.0. The summed E-state index contributed by atoms with van der Waals surface area (Å²) in [7, 11) is 0. The van der Waals surface area contributed by atoms with Gasteiger partial charge in [0, 0.05) is 24.9 Å². The predicted octanol–water partition coefficient (Wildman–Crippen LogP) is 2.66. The molecular formula is C18H23NO4. The maximum absolute atomic E-state index is 11.9. The number of benzene rings is 1. The lowest BCUT2D eigenvalue weighted by atomic mass is 9.79. The first-order valence-electron chi connectivity index (χ1n) is 8.15. The lowest BCUT2D eigenvalue weighted by molar-refractivity contribution is -0.145. The minimum absolute atomic E-state index is 0.00461. The van der Waals surface area contributed by atoms with E-state index in [4.69, 9.17) is 0 Å².